The molecule has 0 N–H and O–H groups in total. The maximum absolute atomic E-state index is 6.90. The van der Waals surface area contributed by atoms with Crippen molar-refractivity contribution in [1.82, 2.24) is 4.57 Å². The van der Waals surface area contributed by atoms with Crippen LogP contribution in [0.25, 0.3) is 60.2 Å². The lowest BCUT2D eigenvalue weighted by atomic mass is 9.61. The highest BCUT2D eigenvalue weighted by molar-refractivity contribution is 6.10. The van der Waals surface area contributed by atoms with E-state index in [1.165, 1.54) is 76.7 Å². The summed E-state index contributed by atoms with van der Waals surface area (Å²) in [5, 5.41) is 7.28. The number of nitrogens with zero attached hydrogens (tertiary/aromatic N) is 1. The highest BCUT2D eigenvalue weighted by atomic mass is 16.5. The lowest BCUT2D eigenvalue weighted by Gasteiger charge is -2.43. The van der Waals surface area contributed by atoms with E-state index in [0.717, 1.165) is 17.2 Å². The zero-order valence-electron chi connectivity index (χ0n) is 28.9. The van der Waals surface area contributed by atoms with E-state index in [1.807, 2.05) is 0 Å². The van der Waals surface area contributed by atoms with Gasteiger partial charge < -0.3 is 9.30 Å². The van der Waals surface area contributed by atoms with Gasteiger partial charge in [0.05, 0.1) is 16.4 Å². The van der Waals surface area contributed by atoms with Crippen LogP contribution < -0.4 is 4.74 Å². The van der Waals surface area contributed by atoms with Crippen LogP contribution in [0.1, 0.15) is 22.3 Å². The first-order valence-electron chi connectivity index (χ1n) is 18.3. The minimum absolute atomic E-state index is 0.659. The molecule has 53 heavy (non-hydrogen) atoms. The van der Waals surface area contributed by atoms with Gasteiger partial charge in [0.15, 0.2) is 0 Å². The van der Waals surface area contributed by atoms with Crippen molar-refractivity contribution in [2.45, 2.75) is 5.41 Å². The average molecular weight is 676 g/mol. The minimum atomic E-state index is -0.659. The Hall–Kier alpha value is -6.90. The summed E-state index contributed by atoms with van der Waals surface area (Å²) < 4.78 is 9.28. The van der Waals surface area contributed by atoms with Gasteiger partial charge in [-0.3, -0.25) is 0 Å². The van der Waals surface area contributed by atoms with Crippen molar-refractivity contribution >= 4 is 43.4 Å². The molecule has 0 saturated heterocycles. The van der Waals surface area contributed by atoms with Gasteiger partial charge in [-0.15, -0.1) is 0 Å². The van der Waals surface area contributed by atoms with Gasteiger partial charge in [0.1, 0.15) is 11.5 Å². The zero-order chi connectivity index (χ0) is 34.9. The Bertz CT molecular complexity index is 2930. The molecular weight excluding hydrogens is 643 g/mol. The Morgan fingerprint density at radius 3 is 1.53 bits per heavy atom. The van der Waals surface area contributed by atoms with Crippen molar-refractivity contribution in [3.63, 3.8) is 0 Å². The number of rotatable bonds is 4. The molecule has 10 aromatic rings. The summed E-state index contributed by atoms with van der Waals surface area (Å²) in [6, 6.07) is 72.7. The van der Waals surface area contributed by atoms with Crippen LogP contribution in [0, 0.1) is 0 Å². The molecule has 11 rings (SSSR count). The van der Waals surface area contributed by atoms with Gasteiger partial charge in [-0.2, -0.15) is 0 Å². The second kappa shape index (κ2) is 11.6. The third-order valence-corrected chi connectivity index (χ3v) is 11.3. The molecule has 9 aromatic carbocycles. The topological polar surface area (TPSA) is 14.2 Å². The van der Waals surface area contributed by atoms with Crippen LogP contribution in [0.4, 0.5) is 0 Å². The molecule has 0 saturated carbocycles. The molecule has 0 spiro atoms. The van der Waals surface area contributed by atoms with Crippen LogP contribution in [-0.4, -0.2) is 4.57 Å². The maximum atomic E-state index is 6.90. The number of para-hydroxylation sites is 2. The molecule has 0 unspecified atom stereocenters. The predicted molar refractivity (Wildman–Crippen MR) is 220 cm³/mol. The Morgan fingerprint density at radius 2 is 0.868 bits per heavy atom. The molecule has 248 valence electrons. The first kappa shape index (κ1) is 29.8. The Morgan fingerprint density at radius 1 is 0.358 bits per heavy atom. The fraction of sp³-hybridized carbons (Fsp3) is 0.0196. The van der Waals surface area contributed by atoms with Crippen LogP contribution in [0.3, 0.4) is 0 Å². The summed E-state index contributed by atoms with van der Waals surface area (Å²) in [6.07, 6.45) is 0. The monoisotopic (exact) mass is 675 g/mol. The second-order valence-electron chi connectivity index (χ2n) is 14.0. The molecule has 2 heterocycles. The summed E-state index contributed by atoms with van der Waals surface area (Å²) in [7, 11) is 0. The van der Waals surface area contributed by atoms with Crippen LogP contribution in [0.5, 0.6) is 11.5 Å². The standard InChI is InChI=1S/C51H33NO/c1-3-15-38(16-4-1)51(49-41-19-9-7-13-35(41)26-31-47(49)53-48-32-27-36-14-8-10-20-42(36)50(48)51)39-28-23-34(24-29-39)37-25-30-44-43-21-11-12-22-45(43)52(46(44)33-37)40-17-5-2-6-18-40/h1-33H. The maximum Gasteiger partial charge on any atom is 0.132 e. The molecule has 0 aliphatic carbocycles. The van der Waals surface area contributed by atoms with Crippen molar-refractivity contribution in [1.29, 1.82) is 0 Å². The van der Waals surface area contributed by atoms with Gasteiger partial charge in [0.25, 0.3) is 0 Å². The van der Waals surface area contributed by atoms with E-state index in [0.29, 0.717) is 0 Å². The minimum Gasteiger partial charge on any atom is -0.457 e. The Kier molecular flexibility index (Phi) is 6.50. The molecule has 0 radical (unpaired) electrons. The van der Waals surface area contributed by atoms with Gasteiger partial charge in [-0.1, -0.05) is 164 Å². The third kappa shape index (κ3) is 4.33. The molecule has 1 aliphatic heterocycles. The normalized spacial score (nSPS) is 13.2. The summed E-state index contributed by atoms with van der Waals surface area (Å²) in [6.45, 7) is 0. The number of fused-ring (bicyclic) bond motifs is 9. The van der Waals surface area contributed by atoms with Crippen LogP contribution in [0.2, 0.25) is 0 Å². The number of hydrogen-bond acceptors (Lipinski definition) is 1. The van der Waals surface area contributed by atoms with Gasteiger partial charge >= 0.3 is 0 Å². The lowest BCUT2D eigenvalue weighted by Crippen LogP contribution is -2.34. The van der Waals surface area contributed by atoms with Gasteiger partial charge in [0.2, 0.25) is 0 Å². The van der Waals surface area contributed by atoms with Gasteiger partial charge in [0, 0.05) is 27.6 Å². The van der Waals surface area contributed by atoms with E-state index < -0.39 is 5.41 Å². The number of hydrogen-bond donors (Lipinski definition) is 0. The van der Waals surface area contributed by atoms with Crippen molar-refractivity contribution < 1.29 is 4.74 Å². The van der Waals surface area contributed by atoms with Gasteiger partial charge in [-0.25, -0.2) is 0 Å². The fourth-order valence-electron chi connectivity index (χ4n) is 9.04. The molecular formula is C51H33NO. The Labute approximate surface area is 307 Å². The number of benzene rings is 9. The summed E-state index contributed by atoms with van der Waals surface area (Å²) in [5.74, 6) is 1.78. The lowest BCUT2D eigenvalue weighted by molar-refractivity contribution is 0.439. The van der Waals surface area contributed by atoms with E-state index >= 15 is 0 Å². The van der Waals surface area contributed by atoms with E-state index in [4.69, 9.17) is 4.74 Å². The molecule has 0 bridgehead atoms. The Balaban J connectivity index is 1.18. The zero-order valence-corrected chi connectivity index (χ0v) is 28.9. The van der Waals surface area contributed by atoms with Crippen molar-refractivity contribution in [2.75, 3.05) is 0 Å². The number of ether oxygens (including phenoxy) is 1. The smallest absolute Gasteiger partial charge is 0.132 e. The fourth-order valence-corrected chi connectivity index (χ4v) is 9.04. The first-order chi connectivity index (χ1) is 26.3. The van der Waals surface area contributed by atoms with E-state index in [9.17, 15) is 0 Å². The molecule has 1 aromatic heterocycles. The van der Waals surface area contributed by atoms with Crippen molar-refractivity contribution in [3.05, 3.63) is 222 Å². The summed E-state index contributed by atoms with van der Waals surface area (Å²) in [4.78, 5) is 0. The second-order valence-corrected chi connectivity index (χ2v) is 14.0. The summed E-state index contributed by atoms with van der Waals surface area (Å²) >= 11 is 0. The molecule has 1 aliphatic rings. The quantitative estimate of drug-likeness (QED) is 0.181. The molecule has 0 atom stereocenters. The van der Waals surface area contributed by atoms with Crippen molar-refractivity contribution in [3.8, 4) is 28.3 Å². The summed E-state index contributed by atoms with van der Waals surface area (Å²) in [5.41, 5.74) is 10.0. The third-order valence-electron chi connectivity index (χ3n) is 11.3. The van der Waals surface area contributed by atoms with Gasteiger partial charge in [-0.05, 0) is 80.2 Å². The largest absolute Gasteiger partial charge is 0.457 e. The van der Waals surface area contributed by atoms with E-state index in [-0.39, 0.29) is 0 Å². The molecule has 0 amide bonds. The predicted octanol–water partition coefficient (Wildman–Crippen LogP) is 13.2. The van der Waals surface area contributed by atoms with Crippen molar-refractivity contribution in [2.24, 2.45) is 0 Å². The molecule has 2 nitrogen and oxygen atoms in total. The number of aromatic nitrogens is 1. The van der Waals surface area contributed by atoms with E-state index in [1.54, 1.807) is 0 Å². The molecule has 2 heteroatoms. The van der Waals surface area contributed by atoms with Crippen LogP contribution >= 0.6 is 0 Å². The van der Waals surface area contributed by atoms with E-state index in [2.05, 4.69) is 205 Å². The first-order valence-corrected chi connectivity index (χ1v) is 18.3. The highest BCUT2D eigenvalue weighted by Gasteiger charge is 2.47. The molecule has 0 fully saturated rings. The highest BCUT2D eigenvalue weighted by Crippen LogP contribution is 2.59. The average Bonchev–Trinajstić information content (AvgIpc) is 3.57. The van der Waals surface area contributed by atoms with Crippen LogP contribution in [-0.2, 0) is 5.41 Å². The SMILES string of the molecule is c1ccc(-n2c3ccccc3c3ccc(-c4ccc(C5(c6ccccc6)c6c(ccc7ccccc67)Oc6ccc7ccccc7c65)cc4)cc32)cc1. The van der Waals surface area contributed by atoms with Crippen LogP contribution in [0.15, 0.2) is 200 Å².